The minimum Gasteiger partial charge on any atom is -0.348 e. The quantitative estimate of drug-likeness (QED) is 0.832. The molecule has 0 amide bonds. The Morgan fingerprint density at radius 1 is 1.27 bits per heavy atom. The van der Waals surface area contributed by atoms with Crippen LogP contribution in [0, 0.1) is 5.92 Å². The van der Waals surface area contributed by atoms with Gasteiger partial charge >= 0.3 is 0 Å². The SMILES string of the molecule is CC(C)[C@@H]1N=C(c2cccnc2)c2cc(Cl)ccc2NC1=S. The van der Waals surface area contributed by atoms with E-state index < -0.39 is 0 Å². The monoisotopic (exact) mass is 329 g/mol. The summed E-state index contributed by atoms with van der Waals surface area (Å²) in [5.74, 6) is 0.302. The van der Waals surface area contributed by atoms with Crippen LogP contribution in [0.1, 0.15) is 25.0 Å². The predicted octanol–water partition coefficient (Wildman–Crippen LogP) is 4.35. The summed E-state index contributed by atoms with van der Waals surface area (Å²) in [5, 5.41) is 3.99. The van der Waals surface area contributed by atoms with Gasteiger partial charge in [-0.15, -0.1) is 0 Å². The minimum atomic E-state index is -0.0728. The van der Waals surface area contributed by atoms with E-state index in [1.54, 1.807) is 6.20 Å². The summed E-state index contributed by atoms with van der Waals surface area (Å²) in [5.41, 5.74) is 3.71. The maximum atomic E-state index is 6.19. The Bertz CT molecular complexity index is 741. The second-order valence-corrected chi connectivity index (χ2v) is 6.46. The lowest BCUT2D eigenvalue weighted by molar-refractivity contribution is 0.602. The molecule has 0 unspecified atom stereocenters. The van der Waals surface area contributed by atoms with Crippen LogP contribution < -0.4 is 5.32 Å². The topological polar surface area (TPSA) is 37.3 Å². The molecule has 1 aromatic heterocycles. The molecule has 0 bridgehead atoms. The van der Waals surface area contributed by atoms with Crippen molar-refractivity contribution in [3.05, 3.63) is 58.9 Å². The molecule has 1 atom stereocenters. The highest BCUT2D eigenvalue weighted by molar-refractivity contribution is 7.80. The van der Waals surface area contributed by atoms with Crippen LogP contribution in [0.3, 0.4) is 0 Å². The molecule has 1 aliphatic rings. The van der Waals surface area contributed by atoms with Gasteiger partial charge in [0.2, 0.25) is 0 Å². The number of thiocarbonyl (C=S) groups is 1. The standard InChI is InChI=1S/C17H16ClN3S/c1-10(2)15-17(22)20-14-6-5-12(18)8-13(14)16(21-15)11-4-3-7-19-9-11/h3-10,15H,1-2H3,(H,20,22)/t15-/m0/s1. The Kier molecular flexibility index (Phi) is 4.23. The molecule has 0 saturated heterocycles. The van der Waals surface area contributed by atoms with E-state index in [0.717, 1.165) is 27.5 Å². The van der Waals surface area contributed by atoms with E-state index in [1.165, 1.54) is 0 Å². The average Bonchev–Trinajstić information content (AvgIpc) is 2.64. The van der Waals surface area contributed by atoms with Gasteiger partial charge in [-0.3, -0.25) is 9.98 Å². The van der Waals surface area contributed by atoms with Crippen LogP contribution in [0.15, 0.2) is 47.7 Å². The second-order valence-electron chi connectivity index (χ2n) is 5.59. The van der Waals surface area contributed by atoms with Gasteiger partial charge in [-0.05, 0) is 36.2 Å². The number of rotatable bonds is 2. The van der Waals surface area contributed by atoms with Crippen molar-refractivity contribution >= 4 is 40.2 Å². The molecule has 0 spiro atoms. The van der Waals surface area contributed by atoms with Gasteiger partial charge in [0.15, 0.2) is 0 Å². The summed E-state index contributed by atoms with van der Waals surface area (Å²) < 4.78 is 0. The first-order valence-electron chi connectivity index (χ1n) is 7.15. The maximum absolute atomic E-state index is 6.19. The van der Waals surface area contributed by atoms with Gasteiger partial charge in [0.1, 0.15) is 11.0 Å². The van der Waals surface area contributed by atoms with Gasteiger partial charge in [0.25, 0.3) is 0 Å². The highest BCUT2D eigenvalue weighted by Crippen LogP contribution is 2.28. The van der Waals surface area contributed by atoms with Crippen LogP contribution in [-0.4, -0.2) is 21.7 Å². The Labute approximate surface area is 140 Å². The van der Waals surface area contributed by atoms with Gasteiger partial charge in [0, 0.05) is 34.2 Å². The molecule has 22 heavy (non-hydrogen) atoms. The number of aliphatic imine (C=N–C) groups is 1. The first kappa shape index (κ1) is 15.1. The summed E-state index contributed by atoms with van der Waals surface area (Å²) in [6.45, 7) is 4.23. The largest absolute Gasteiger partial charge is 0.348 e. The summed E-state index contributed by atoms with van der Waals surface area (Å²) in [6.07, 6.45) is 3.57. The summed E-state index contributed by atoms with van der Waals surface area (Å²) >= 11 is 11.7. The van der Waals surface area contributed by atoms with Crippen molar-refractivity contribution in [2.75, 3.05) is 5.32 Å². The number of pyridine rings is 1. The number of hydrogen-bond donors (Lipinski definition) is 1. The van der Waals surface area contributed by atoms with Crippen molar-refractivity contribution in [1.82, 2.24) is 4.98 Å². The lowest BCUT2D eigenvalue weighted by atomic mass is 10.0. The lowest BCUT2D eigenvalue weighted by Gasteiger charge is -2.17. The first-order valence-corrected chi connectivity index (χ1v) is 7.94. The molecule has 3 rings (SSSR count). The normalized spacial score (nSPS) is 17.5. The van der Waals surface area contributed by atoms with Gasteiger partial charge in [-0.25, -0.2) is 0 Å². The highest BCUT2D eigenvalue weighted by Gasteiger charge is 2.25. The van der Waals surface area contributed by atoms with Crippen LogP contribution in [-0.2, 0) is 0 Å². The molecule has 1 N–H and O–H groups in total. The van der Waals surface area contributed by atoms with Crippen LogP contribution in [0.5, 0.6) is 0 Å². The highest BCUT2D eigenvalue weighted by atomic mass is 35.5. The summed E-state index contributed by atoms with van der Waals surface area (Å²) in [4.78, 5) is 9.86. The Balaban J connectivity index is 2.23. The predicted molar refractivity (Wildman–Crippen MR) is 96.2 cm³/mol. The number of hydrogen-bond acceptors (Lipinski definition) is 3. The molecule has 0 saturated carbocycles. The molecule has 5 heteroatoms. The molecule has 0 radical (unpaired) electrons. The van der Waals surface area contributed by atoms with Crippen molar-refractivity contribution in [1.29, 1.82) is 0 Å². The third-order valence-electron chi connectivity index (χ3n) is 3.60. The number of benzodiazepines with no additional fused rings is 1. The van der Waals surface area contributed by atoms with E-state index >= 15 is 0 Å². The summed E-state index contributed by atoms with van der Waals surface area (Å²) in [7, 11) is 0. The molecule has 2 heterocycles. The molecule has 112 valence electrons. The van der Waals surface area contributed by atoms with E-state index in [-0.39, 0.29) is 6.04 Å². The van der Waals surface area contributed by atoms with Crippen molar-refractivity contribution < 1.29 is 0 Å². The van der Waals surface area contributed by atoms with Gasteiger partial charge in [-0.2, -0.15) is 0 Å². The zero-order valence-corrected chi connectivity index (χ0v) is 13.9. The van der Waals surface area contributed by atoms with Crippen LogP contribution >= 0.6 is 23.8 Å². The molecule has 0 aliphatic carbocycles. The van der Waals surface area contributed by atoms with Crippen LogP contribution in [0.4, 0.5) is 5.69 Å². The van der Waals surface area contributed by atoms with E-state index in [4.69, 9.17) is 28.8 Å². The number of fused-ring (bicyclic) bond motifs is 1. The molecule has 1 aliphatic heterocycles. The average molecular weight is 330 g/mol. The number of nitrogens with zero attached hydrogens (tertiary/aromatic N) is 2. The third-order valence-corrected chi connectivity index (χ3v) is 4.18. The van der Waals surface area contributed by atoms with E-state index in [2.05, 4.69) is 24.1 Å². The summed E-state index contributed by atoms with van der Waals surface area (Å²) in [6, 6.07) is 9.55. The van der Waals surface area contributed by atoms with E-state index in [1.807, 2.05) is 36.5 Å². The van der Waals surface area contributed by atoms with Crippen molar-refractivity contribution in [3.8, 4) is 0 Å². The van der Waals surface area contributed by atoms with E-state index in [9.17, 15) is 0 Å². The van der Waals surface area contributed by atoms with Crippen LogP contribution in [0.2, 0.25) is 5.02 Å². The number of anilines is 1. The zero-order chi connectivity index (χ0) is 15.7. The van der Waals surface area contributed by atoms with Crippen molar-refractivity contribution in [2.45, 2.75) is 19.9 Å². The fourth-order valence-corrected chi connectivity index (χ4v) is 3.09. The third kappa shape index (κ3) is 2.89. The minimum absolute atomic E-state index is 0.0728. The zero-order valence-electron chi connectivity index (χ0n) is 12.4. The molecule has 0 fully saturated rings. The Morgan fingerprint density at radius 3 is 2.77 bits per heavy atom. The Hall–Kier alpha value is -1.78. The number of nitrogens with one attached hydrogen (secondary N) is 1. The number of aromatic nitrogens is 1. The van der Waals surface area contributed by atoms with Crippen molar-refractivity contribution in [3.63, 3.8) is 0 Å². The van der Waals surface area contributed by atoms with E-state index in [0.29, 0.717) is 10.9 Å². The molecular formula is C17H16ClN3S. The second kappa shape index (κ2) is 6.15. The van der Waals surface area contributed by atoms with Crippen molar-refractivity contribution in [2.24, 2.45) is 10.9 Å². The number of halogens is 1. The van der Waals surface area contributed by atoms with Gasteiger partial charge in [-0.1, -0.05) is 37.7 Å². The molecule has 1 aromatic carbocycles. The molecule has 3 nitrogen and oxygen atoms in total. The Morgan fingerprint density at radius 2 is 2.09 bits per heavy atom. The van der Waals surface area contributed by atoms with Crippen LogP contribution in [0.25, 0.3) is 0 Å². The number of benzene rings is 1. The maximum Gasteiger partial charge on any atom is 0.105 e. The first-order chi connectivity index (χ1) is 10.6. The van der Waals surface area contributed by atoms with Gasteiger partial charge < -0.3 is 5.32 Å². The fourth-order valence-electron chi connectivity index (χ4n) is 2.48. The smallest absolute Gasteiger partial charge is 0.105 e. The lowest BCUT2D eigenvalue weighted by Crippen LogP contribution is -2.28. The molecule has 2 aromatic rings. The fraction of sp³-hybridized carbons (Fsp3) is 0.235. The van der Waals surface area contributed by atoms with Gasteiger partial charge in [0.05, 0.1) is 5.71 Å². The molecular weight excluding hydrogens is 314 g/mol.